The van der Waals surface area contributed by atoms with Crippen molar-refractivity contribution in [3.63, 3.8) is 0 Å². The first-order chi connectivity index (χ1) is 12.6. The Morgan fingerprint density at radius 2 is 2.00 bits per heavy atom. The van der Waals surface area contributed by atoms with Crippen LogP contribution in [-0.2, 0) is 16.1 Å². The largest absolute Gasteiger partial charge is 0.472 e. The third-order valence-electron chi connectivity index (χ3n) is 5.80. The van der Waals surface area contributed by atoms with Gasteiger partial charge in [-0.1, -0.05) is 12.8 Å². The number of furan rings is 1. The first-order valence-electron chi connectivity index (χ1n) is 9.96. The van der Waals surface area contributed by atoms with Crippen molar-refractivity contribution in [3.05, 3.63) is 24.2 Å². The van der Waals surface area contributed by atoms with Crippen LogP contribution in [0.3, 0.4) is 0 Å². The van der Waals surface area contributed by atoms with Gasteiger partial charge in [0.15, 0.2) is 0 Å². The van der Waals surface area contributed by atoms with E-state index < -0.39 is 0 Å². The monoisotopic (exact) mass is 361 g/mol. The average molecular weight is 361 g/mol. The number of amides is 2. The molecule has 2 fully saturated rings. The molecular formula is C20H31N3O3. The van der Waals surface area contributed by atoms with Crippen molar-refractivity contribution in [1.82, 2.24) is 15.1 Å². The van der Waals surface area contributed by atoms with Gasteiger partial charge in [0.2, 0.25) is 11.8 Å². The van der Waals surface area contributed by atoms with Gasteiger partial charge >= 0.3 is 0 Å². The summed E-state index contributed by atoms with van der Waals surface area (Å²) < 4.78 is 5.18. The van der Waals surface area contributed by atoms with Crippen LogP contribution >= 0.6 is 0 Å². The minimum atomic E-state index is -0.182. The molecule has 6 nitrogen and oxygen atoms in total. The van der Waals surface area contributed by atoms with Crippen LogP contribution in [0, 0.1) is 5.92 Å². The summed E-state index contributed by atoms with van der Waals surface area (Å²) >= 11 is 0. The second kappa shape index (κ2) is 8.71. The van der Waals surface area contributed by atoms with Gasteiger partial charge in [0.1, 0.15) is 0 Å². The van der Waals surface area contributed by atoms with Gasteiger partial charge in [0.05, 0.1) is 18.6 Å². The zero-order valence-corrected chi connectivity index (χ0v) is 15.9. The summed E-state index contributed by atoms with van der Waals surface area (Å²) in [4.78, 5) is 29.6. The van der Waals surface area contributed by atoms with Gasteiger partial charge in [0.25, 0.3) is 0 Å². The number of likely N-dealkylation sites (tertiary alicyclic amines) is 1. The lowest BCUT2D eigenvalue weighted by molar-refractivity contribution is -0.135. The van der Waals surface area contributed by atoms with Crippen molar-refractivity contribution in [2.75, 3.05) is 19.6 Å². The van der Waals surface area contributed by atoms with Gasteiger partial charge in [0, 0.05) is 43.7 Å². The predicted octanol–water partition coefficient (Wildman–Crippen LogP) is 2.40. The lowest BCUT2D eigenvalue weighted by Gasteiger charge is -2.28. The van der Waals surface area contributed by atoms with E-state index in [1.54, 1.807) is 12.5 Å². The highest BCUT2D eigenvalue weighted by atomic mass is 16.3. The molecule has 2 atom stereocenters. The van der Waals surface area contributed by atoms with Crippen molar-refractivity contribution >= 4 is 11.8 Å². The van der Waals surface area contributed by atoms with Crippen LogP contribution in [0.1, 0.15) is 51.5 Å². The van der Waals surface area contributed by atoms with Gasteiger partial charge in [-0.2, -0.15) is 0 Å². The predicted molar refractivity (Wildman–Crippen MR) is 99.3 cm³/mol. The number of nitrogens with zero attached hydrogens (tertiary/aromatic N) is 2. The molecule has 1 saturated carbocycles. The van der Waals surface area contributed by atoms with Crippen LogP contribution in [0.5, 0.6) is 0 Å². The van der Waals surface area contributed by atoms with E-state index in [1.807, 2.05) is 24.8 Å². The highest BCUT2D eigenvalue weighted by Gasteiger charge is 2.39. The van der Waals surface area contributed by atoms with Crippen LogP contribution in [0.15, 0.2) is 23.0 Å². The summed E-state index contributed by atoms with van der Waals surface area (Å²) in [5.74, 6) is 0.498. The molecule has 0 unspecified atom stereocenters. The average Bonchev–Trinajstić information content (AvgIpc) is 3.38. The second-order valence-electron chi connectivity index (χ2n) is 7.51. The van der Waals surface area contributed by atoms with Crippen LogP contribution in [-0.4, -0.2) is 53.3 Å². The normalized spacial score (nSPS) is 24.1. The smallest absolute Gasteiger partial charge is 0.240 e. The Hall–Kier alpha value is -1.82. The molecule has 1 N–H and O–H groups in total. The lowest BCUT2D eigenvalue weighted by Crippen LogP contribution is -2.45. The Morgan fingerprint density at radius 3 is 2.62 bits per heavy atom. The molecule has 0 spiro atoms. The zero-order chi connectivity index (χ0) is 18.5. The maximum Gasteiger partial charge on any atom is 0.240 e. The molecule has 26 heavy (non-hydrogen) atoms. The van der Waals surface area contributed by atoms with Gasteiger partial charge in [-0.05, 0) is 39.2 Å². The Balaban J connectivity index is 1.67. The number of hydrogen-bond donors (Lipinski definition) is 1. The SMILES string of the molecule is CCN(CC)C(=O)[C@@H]1C[C@@H](NC(=O)C2CCCC2)CN1Cc1ccoc1. The number of carbonyl (C=O) groups is 2. The first kappa shape index (κ1) is 19.0. The summed E-state index contributed by atoms with van der Waals surface area (Å²) in [5.41, 5.74) is 1.06. The van der Waals surface area contributed by atoms with E-state index in [0.717, 1.165) is 31.2 Å². The molecule has 1 aromatic heterocycles. The number of carbonyl (C=O) groups excluding carboxylic acids is 2. The Labute approximate surface area is 155 Å². The van der Waals surface area contributed by atoms with E-state index in [1.165, 1.54) is 0 Å². The Morgan fingerprint density at radius 1 is 1.27 bits per heavy atom. The summed E-state index contributed by atoms with van der Waals surface area (Å²) in [7, 11) is 0. The number of likely N-dealkylation sites (N-methyl/N-ethyl adjacent to an activating group) is 1. The summed E-state index contributed by atoms with van der Waals surface area (Å²) in [6.07, 6.45) is 8.37. The Bertz CT molecular complexity index is 591. The summed E-state index contributed by atoms with van der Waals surface area (Å²) in [5, 5.41) is 3.22. The highest BCUT2D eigenvalue weighted by Crippen LogP contribution is 2.27. The van der Waals surface area contributed by atoms with Crippen molar-refractivity contribution in [3.8, 4) is 0 Å². The van der Waals surface area contributed by atoms with E-state index in [0.29, 0.717) is 32.6 Å². The molecule has 0 aromatic carbocycles. The fraction of sp³-hybridized carbons (Fsp3) is 0.700. The fourth-order valence-corrected chi connectivity index (χ4v) is 4.31. The van der Waals surface area contributed by atoms with Crippen molar-refractivity contribution < 1.29 is 14.0 Å². The third-order valence-corrected chi connectivity index (χ3v) is 5.80. The minimum absolute atomic E-state index is 0.0412. The standard InChI is InChI=1S/C20H31N3O3/c1-3-22(4-2)20(25)18-11-17(21-19(24)16-7-5-6-8-16)13-23(18)12-15-9-10-26-14-15/h9-10,14,16-18H,3-8,11-13H2,1-2H3,(H,21,24)/t17-,18+/m1/s1. The molecule has 3 rings (SSSR count). The molecule has 1 aliphatic carbocycles. The van der Waals surface area contributed by atoms with Crippen molar-refractivity contribution in [2.45, 2.75) is 64.6 Å². The Kier molecular flexibility index (Phi) is 6.35. The van der Waals surface area contributed by atoms with Crippen molar-refractivity contribution in [2.24, 2.45) is 5.92 Å². The van der Waals surface area contributed by atoms with E-state index in [4.69, 9.17) is 4.42 Å². The third kappa shape index (κ3) is 4.29. The second-order valence-corrected chi connectivity index (χ2v) is 7.51. The number of nitrogens with one attached hydrogen (secondary N) is 1. The van der Waals surface area contributed by atoms with Gasteiger partial charge in [-0.3, -0.25) is 14.5 Å². The van der Waals surface area contributed by atoms with Gasteiger partial charge in [-0.15, -0.1) is 0 Å². The highest BCUT2D eigenvalue weighted by molar-refractivity contribution is 5.83. The molecule has 6 heteroatoms. The van der Waals surface area contributed by atoms with Gasteiger partial charge in [-0.25, -0.2) is 0 Å². The molecule has 144 valence electrons. The van der Waals surface area contributed by atoms with Crippen LogP contribution in [0.2, 0.25) is 0 Å². The molecular weight excluding hydrogens is 330 g/mol. The van der Waals surface area contributed by atoms with Crippen molar-refractivity contribution in [1.29, 1.82) is 0 Å². The molecule has 1 saturated heterocycles. The van der Waals surface area contributed by atoms with E-state index in [-0.39, 0.29) is 29.8 Å². The molecule has 0 radical (unpaired) electrons. The van der Waals surface area contributed by atoms with E-state index >= 15 is 0 Å². The maximum atomic E-state index is 13.0. The van der Waals surface area contributed by atoms with Gasteiger partial charge < -0.3 is 14.6 Å². The fourth-order valence-electron chi connectivity index (χ4n) is 4.31. The molecule has 2 amide bonds. The number of rotatable bonds is 7. The lowest BCUT2D eigenvalue weighted by atomic mass is 10.1. The van der Waals surface area contributed by atoms with Crippen LogP contribution in [0.25, 0.3) is 0 Å². The van der Waals surface area contributed by atoms with Crippen LogP contribution < -0.4 is 5.32 Å². The molecule has 1 aromatic rings. The maximum absolute atomic E-state index is 13.0. The molecule has 0 bridgehead atoms. The molecule has 2 heterocycles. The summed E-state index contributed by atoms with van der Waals surface area (Å²) in [6.45, 7) is 6.83. The van der Waals surface area contributed by atoms with Crippen LogP contribution in [0.4, 0.5) is 0 Å². The zero-order valence-electron chi connectivity index (χ0n) is 15.9. The van der Waals surface area contributed by atoms with E-state index in [2.05, 4.69) is 10.2 Å². The number of hydrogen-bond acceptors (Lipinski definition) is 4. The quantitative estimate of drug-likeness (QED) is 0.810. The first-order valence-corrected chi connectivity index (χ1v) is 9.96. The minimum Gasteiger partial charge on any atom is -0.472 e. The molecule has 1 aliphatic heterocycles. The molecule has 2 aliphatic rings. The van der Waals surface area contributed by atoms with E-state index in [9.17, 15) is 9.59 Å². The summed E-state index contributed by atoms with van der Waals surface area (Å²) in [6, 6.07) is 1.79. The topological polar surface area (TPSA) is 65.8 Å².